The molecule has 0 radical (unpaired) electrons. The number of aromatic nitrogens is 2. The normalized spacial score (nSPS) is 11.0. The lowest BCUT2D eigenvalue weighted by molar-refractivity contribution is 0.111. The summed E-state index contributed by atoms with van der Waals surface area (Å²) in [5.74, 6) is 0.940. The number of amides is 2. The van der Waals surface area contributed by atoms with Crippen LogP contribution >= 0.6 is 0 Å². The highest BCUT2D eigenvalue weighted by Crippen LogP contribution is 2.07. The number of nitrogens with zero attached hydrogens (tertiary/aromatic N) is 2. The van der Waals surface area contributed by atoms with E-state index in [0.29, 0.717) is 48.9 Å². The number of carbonyl (C=O) groups is 1. The van der Waals surface area contributed by atoms with Crippen LogP contribution in [0.15, 0.2) is 29.1 Å². The maximum Gasteiger partial charge on any atom is 0.317 e. The van der Waals surface area contributed by atoms with Crippen LogP contribution in [0.5, 0.6) is 0 Å². The molecule has 0 aliphatic carbocycles. The second kappa shape index (κ2) is 9.17. The van der Waals surface area contributed by atoms with E-state index in [-0.39, 0.29) is 18.1 Å². The molecule has 0 unspecified atom stereocenters. The number of carbonyl (C=O) groups excluding carboxylic acids is 1. The minimum Gasteiger partial charge on any atom is -0.379 e. The lowest BCUT2D eigenvalue weighted by Gasteiger charge is -2.21. The van der Waals surface area contributed by atoms with Crippen molar-refractivity contribution in [3.63, 3.8) is 0 Å². The Bertz CT molecular complexity index is 757. The molecule has 25 heavy (non-hydrogen) atoms. The van der Waals surface area contributed by atoms with Crippen molar-refractivity contribution in [2.24, 2.45) is 5.92 Å². The molecule has 1 heterocycles. The molecule has 0 spiro atoms. The van der Waals surface area contributed by atoms with Crippen LogP contribution in [-0.2, 0) is 11.3 Å². The van der Waals surface area contributed by atoms with Crippen molar-refractivity contribution < 1.29 is 9.53 Å². The standard InChI is InChI=1S/C18H26N4O3/c1-4-22(18(24)19-9-10-25-12-13(2)3)11-16-20-15-8-6-5-7-14(15)17(23)21-16/h5-8,13H,4,9-12H2,1-3H3,(H,19,24)(H,20,21,23). The van der Waals surface area contributed by atoms with Crippen molar-refractivity contribution in [1.29, 1.82) is 0 Å². The minimum atomic E-state index is -0.202. The molecule has 2 rings (SSSR count). The number of para-hydroxylation sites is 1. The Morgan fingerprint density at radius 2 is 2.12 bits per heavy atom. The van der Waals surface area contributed by atoms with Crippen molar-refractivity contribution in [2.75, 3.05) is 26.3 Å². The number of aromatic amines is 1. The fourth-order valence-electron chi connectivity index (χ4n) is 2.38. The number of rotatable bonds is 8. The van der Waals surface area contributed by atoms with Crippen molar-refractivity contribution in [3.05, 3.63) is 40.4 Å². The van der Waals surface area contributed by atoms with Gasteiger partial charge in [0.25, 0.3) is 5.56 Å². The molecule has 0 aliphatic rings. The fraction of sp³-hybridized carbons (Fsp3) is 0.500. The zero-order valence-electron chi connectivity index (χ0n) is 15.0. The first kappa shape index (κ1) is 18.9. The number of fused-ring (bicyclic) bond motifs is 1. The van der Waals surface area contributed by atoms with Gasteiger partial charge in [-0.3, -0.25) is 4.79 Å². The molecule has 0 bridgehead atoms. The predicted octanol–water partition coefficient (Wildman–Crippen LogP) is 2.13. The summed E-state index contributed by atoms with van der Waals surface area (Å²) in [6.07, 6.45) is 0. The number of benzene rings is 1. The van der Waals surface area contributed by atoms with E-state index in [2.05, 4.69) is 29.1 Å². The van der Waals surface area contributed by atoms with Gasteiger partial charge in [-0.25, -0.2) is 9.78 Å². The maximum absolute atomic E-state index is 12.3. The van der Waals surface area contributed by atoms with E-state index < -0.39 is 0 Å². The number of nitrogens with one attached hydrogen (secondary N) is 2. The Morgan fingerprint density at radius 1 is 1.36 bits per heavy atom. The molecule has 0 atom stereocenters. The Kier molecular flexibility index (Phi) is 6.94. The first-order valence-electron chi connectivity index (χ1n) is 8.59. The van der Waals surface area contributed by atoms with Crippen LogP contribution in [0.3, 0.4) is 0 Å². The van der Waals surface area contributed by atoms with Gasteiger partial charge >= 0.3 is 6.03 Å². The third-order valence-corrected chi connectivity index (χ3v) is 3.65. The monoisotopic (exact) mass is 346 g/mol. The van der Waals surface area contributed by atoms with Gasteiger partial charge in [-0.1, -0.05) is 26.0 Å². The van der Waals surface area contributed by atoms with Gasteiger partial charge in [-0.05, 0) is 25.0 Å². The van der Waals surface area contributed by atoms with Crippen LogP contribution in [0.25, 0.3) is 10.9 Å². The molecular weight excluding hydrogens is 320 g/mol. The van der Waals surface area contributed by atoms with Crippen LogP contribution in [0, 0.1) is 5.92 Å². The zero-order chi connectivity index (χ0) is 18.2. The highest BCUT2D eigenvalue weighted by atomic mass is 16.5. The number of hydrogen-bond acceptors (Lipinski definition) is 4. The van der Waals surface area contributed by atoms with Gasteiger partial charge < -0.3 is 19.9 Å². The molecule has 0 saturated carbocycles. The van der Waals surface area contributed by atoms with Gasteiger partial charge in [0.15, 0.2) is 0 Å². The third-order valence-electron chi connectivity index (χ3n) is 3.65. The first-order valence-corrected chi connectivity index (χ1v) is 8.59. The summed E-state index contributed by atoms with van der Waals surface area (Å²) in [6.45, 7) is 8.40. The molecule has 0 fully saturated rings. The smallest absolute Gasteiger partial charge is 0.317 e. The molecule has 7 nitrogen and oxygen atoms in total. The molecule has 1 aromatic heterocycles. The summed E-state index contributed by atoms with van der Waals surface area (Å²) in [5.41, 5.74) is 0.430. The van der Waals surface area contributed by atoms with Crippen molar-refractivity contribution in [1.82, 2.24) is 20.2 Å². The molecule has 2 amide bonds. The quantitative estimate of drug-likeness (QED) is 0.717. The van der Waals surface area contributed by atoms with Crippen molar-refractivity contribution in [2.45, 2.75) is 27.3 Å². The van der Waals surface area contributed by atoms with Gasteiger partial charge in [0.2, 0.25) is 0 Å². The lowest BCUT2D eigenvalue weighted by Crippen LogP contribution is -2.41. The van der Waals surface area contributed by atoms with Gasteiger partial charge in [0, 0.05) is 19.7 Å². The van der Waals surface area contributed by atoms with Crippen LogP contribution in [0.4, 0.5) is 4.79 Å². The van der Waals surface area contributed by atoms with Crippen LogP contribution < -0.4 is 10.9 Å². The number of H-pyrrole nitrogens is 1. The molecule has 2 aromatic rings. The van der Waals surface area contributed by atoms with E-state index in [0.717, 1.165) is 0 Å². The number of ether oxygens (including phenoxy) is 1. The summed E-state index contributed by atoms with van der Waals surface area (Å²) < 4.78 is 5.45. The number of urea groups is 1. The predicted molar refractivity (Wildman–Crippen MR) is 97.5 cm³/mol. The number of hydrogen-bond donors (Lipinski definition) is 2. The molecule has 2 N–H and O–H groups in total. The second-order valence-corrected chi connectivity index (χ2v) is 6.24. The Hall–Kier alpha value is -2.41. The maximum atomic E-state index is 12.3. The van der Waals surface area contributed by atoms with Gasteiger partial charge in [0.05, 0.1) is 24.1 Å². The zero-order valence-corrected chi connectivity index (χ0v) is 15.0. The average Bonchev–Trinajstić information content (AvgIpc) is 2.59. The second-order valence-electron chi connectivity index (χ2n) is 6.24. The SMILES string of the molecule is CCN(Cc1nc2ccccc2c(=O)[nH]1)C(=O)NCCOCC(C)C. The van der Waals surface area contributed by atoms with Crippen molar-refractivity contribution in [3.8, 4) is 0 Å². The molecule has 1 aromatic carbocycles. The van der Waals surface area contributed by atoms with Gasteiger partial charge in [-0.15, -0.1) is 0 Å². The van der Waals surface area contributed by atoms with Crippen molar-refractivity contribution >= 4 is 16.9 Å². The summed E-state index contributed by atoms with van der Waals surface area (Å²) in [7, 11) is 0. The summed E-state index contributed by atoms with van der Waals surface area (Å²) in [6, 6.07) is 6.95. The first-order chi connectivity index (χ1) is 12.0. The summed E-state index contributed by atoms with van der Waals surface area (Å²) >= 11 is 0. The van der Waals surface area contributed by atoms with E-state index in [1.807, 2.05) is 13.0 Å². The lowest BCUT2D eigenvalue weighted by atomic mass is 10.2. The van der Waals surface area contributed by atoms with E-state index in [1.54, 1.807) is 23.1 Å². The van der Waals surface area contributed by atoms with Gasteiger partial charge in [-0.2, -0.15) is 0 Å². The fourth-order valence-corrected chi connectivity index (χ4v) is 2.38. The topological polar surface area (TPSA) is 87.3 Å². The van der Waals surface area contributed by atoms with E-state index in [1.165, 1.54) is 0 Å². The molecule has 7 heteroatoms. The highest BCUT2D eigenvalue weighted by molar-refractivity contribution is 5.77. The van der Waals surface area contributed by atoms with Crippen LogP contribution in [-0.4, -0.2) is 47.2 Å². The van der Waals surface area contributed by atoms with Gasteiger partial charge in [0.1, 0.15) is 5.82 Å². The van der Waals surface area contributed by atoms with E-state index >= 15 is 0 Å². The van der Waals surface area contributed by atoms with Crippen LogP contribution in [0.2, 0.25) is 0 Å². The Labute approximate surface area is 147 Å². The minimum absolute atomic E-state index is 0.195. The Morgan fingerprint density at radius 3 is 2.84 bits per heavy atom. The average molecular weight is 346 g/mol. The highest BCUT2D eigenvalue weighted by Gasteiger charge is 2.13. The third kappa shape index (κ3) is 5.56. The molecule has 0 aliphatic heterocycles. The van der Waals surface area contributed by atoms with E-state index in [9.17, 15) is 9.59 Å². The van der Waals surface area contributed by atoms with Crippen LogP contribution in [0.1, 0.15) is 26.6 Å². The molecular formula is C18H26N4O3. The van der Waals surface area contributed by atoms with E-state index in [4.69, 9.17) is 4.74 Å². The summed E-state index contributed by atoms with van der Waals surface area (Å²) in [5, 5.41) is 3.36. The largest absolute Gasteiger partial charge is 0.379 e. The molecule has 0 saturated heterocycles. The Balaban J connectivity index is 1.95. The summed E-state index contributed by atoms with van der Waals surface area (Å²) in [4.78, 5) is 33.1. The molecule has 136 valence electrons.